The molecule has 102 valence electrons. The molecule has 0 bridgehead atoms. The SMILES string of the molecule is CCC(C)(C)NCc1ccc(F)c(C(F)(F)F)c1. The van der Waals surface area contributed by atoms with Crippen LogP contribution >= 0.6 is 0 Å². The van der Waals surface area contributed by atoms with Gasteiger partial charge in [-0.2, -0.15) is 13.2 Å². The van der Waals surface area contributed by atoms with E-state index in [1.807, 2.05) is 20.8 Å². The summed E-state index contributed by atoms with van der Waals surface area (Å²) in [5.74, 6) is -1.24. The number of nitrogens with one attached hydrogen (secondary N) is 1. The summed E-state index contributed by atoms with van der Waals surface area (Å²) in [4.78, 5) is 0. The van der Waals surface area contributed by atoms with Crippen LogP contribution in [0.15, 0.2) is 18.2 Å². The van der Waals surface area contributed by atoms with Gasteiger partial charge in [0.05, 0.1) is 5.56 Å². The molecule has 1 nitrogen and oxygen atoms in total. The van der Waals surface area contributed by atoms with Gasteiger partial charge in [-0.3, -0.25) is 0 Å². The lowest BCUT2D eigenvalue weighted by atomic mass is 10.0. The second kappa shape index (κ2) is 5.26. The number of hydrogen-bond donors (Lipinski definition) is 1. The van der Waals surface area contributed by atoms with E-state index >= 15 is 0 Å². The average Bonchev–Trinajstić information content (AvgIpc) is 2.26. The lowest BCUT2D eigenvalue weighted by molar-refractivity contribution is -0.140. The van der Waals surface area contributed by atoms with Crippen molar-refractivity contribution < 1.29 is 17.6 Å². The molecule has 0 amide bonds. The molecule has 1 rings (SSSR count). The third kappa shape index (κ3) is 3.98. The van der Waals surface area contributed by atoms with Gasteiger partial charge in [-0.05, 0) is 38.0 Å². The van der Waals surface area contributed by atoms with Crippen LogP contribution in [-0.2, 0) is 12.7 Å². The van der Waals surface area contributed by atoms with E-state index in [0.717, 1.165) is 18.6 Å². The van der Waals surface area contributed by atoms with Crippen molar-refractivity contribution in [1.82, 2.24) is 5.32 Å². The van der Waals surface area contributed by atoms with Gasteiger partial charge < -0.3 is 5.32 Å². The molecule has 5 heteroatoms. The first-order valence-corrected chi connectivity index (χ1v) is 5.76. The maximum atomic E-state index is 13.1. The fourth-order valence-electron chi connectivity index (χ4n) is 1.37. The number of halogens is 4. The van der Waals surface area contributed by atoms with Crippen LogP contribution in [0, 0.1) is 5.82 Å². The highest BCUT2D eigenvalue weighted by Gasteiger charge is 2.34. The van der Waals surface area contributed by atoms with Crippen molar-refractivity contribution >= 4 is 0 Å². The number of alkyl halides is 3. The van der Waals surface area contributed by atoms with Crippen molar-refractivity contribution in [2.24, 2.45) is 0 Å². The van der Waals surface area contributed by atoms with E-state index in [-0.39, 0.29) is 12.1 Å². The van der Waals surface area contributed by atoms with Gasteiger partial charge in [-0.15, -0.1) is 0 Å². The molecule has 1 N–H and O–H groups in total. The van der Waals surface area contributed by atoms with E-state index in [4.69, 9.17) is 0 Å². The van der Waals surface area contributed by atoms with Crippen LogP contribution in [-0.4, -0.2) is 5.54 Å². The molecule has 1 aromatic rings. The van der Waals surface area contributed by atoms with Crippen molar-refractivity contribution in [1.29, 1.82) is 0 Å². The Labute approximate surface area is 104 Å². The third-order valence-corrected chi connectivity index (χ3v) is 2.99. The van der Waals surface area contributed by atoms with E-state index in [1.54, 1.807) is 0 Å². The topological polar surface area (TPSA) is 12.0 Å². The Morgan fingerprint density at radius 3 is 2.28 bits per heavy atom. The fraction of sp³-hybridized carbons (Fsp3) is 0.538. The predicted octanol–water partition coefficient (Wildman–Crippen LogP) is 4.12. The predicted molar refractivity (Wildman–Crippen MR) is 62.6 cm³/mol. The van der Waals surface area contributed by atoms with Crippen molar-refractivity contribution in [3.05, 3.63) is 35.1 Å². The number of rotatable bonds is 4. The summed E-state index contributed by atoms with van der Waals surface area (Å²) in [6.07, 6.45) is -3.80. The van der Waals surface area contributed by atoms with E-state index < -0.39 is 17.6 Å². The smallest absolute Gasteiger partial charge is 0.308 e. The molecule has 0 unspecified atom stereocenters. The molecular formula is C13H17F4N. The molecule has 0 heterocycles. The summed E-state index contributed by atoms with van der Waals surface area (Å²) >= 11 is 0. The van der Waals surface area contributed by atoms with Crippen LogP contribution in [0.3, 0.4) is 0 Å². The Morgan fingerprint density at radius 1 is 1.17 bits per heavy atom. The molecule has 18 heavy (non-hydrogen) atoms. The first kappa shape index (κ1) is 15.0. The van der Waals surface area contributed by atoms with Crippen molar-refractivity contribution in [3.8, 4) is 0 Å². The highest BCUT2D eigenvalue weighted by molar-refractivity contribution is 5.27. The van der Waals surface area contributed by atoms with Gasteiger partial charge in [0.2, 0.25) is 0 Å². The number of benzene rings is 1. The lowest BCUT2D eigenvalue weighted by Gasteiger charge is -2.24. The molecular weight excluding hydrogens is 246 g/mol. The number of hydrogen-bond acceptors (Lipinski definition) is 1. The second-order valence-electron chi connectivity index (χ2n) is 4.90. The van der Waals surface area contributed by atoms with Crippen LogP contribution in [0.5, 0.6) is 0 Å². The summed E-state index contributed by atoms with van der Waals surface area (Å²) in [5.41, 5.74) is -0.950. The van der Waals surface area contributed by atoms with Gasteiger partial charge in [0.1, 0.15) is 5.82 Å². The molecule has 0 aromatic heterocycles. The van der Waals surface area contributed by atoms with E-state index in [9.17, 15) is 17.6 Å². The van der Waals surface area contributed by atoms with Crippen LogP contribution in [0.4, 0.5) is 17.6 Å². The quantitative estimate of drug-likeness (QED) is 0.806. The first-order chi connectivity index (χ1) is 8.15. The zero-order valence-corrected chi connectivity index (χ0v) is 10.7. The lowest BCUT2D eigenvalue weighted by Crippen LogP contribution is -2.37. The molecule has 0 saturated carbocycles. The molecule has 0 radical (unpaired) electrons. The molecule has 0 saturated heterocycles. The van der Waals surface area contributed by atoms with Crippen molar-refractivity contribution in [2.75, 3.05) is 0 Å². The van der Waals surface area contributed by atoms with Crippen LogP contribution < -0.4 is 5.32 Å². The molecule has 0 aliphatic carbocycles. The Balaban J connectivity index is 2.87. The van der Waals surface area contributed by atoms with Crippen LogP contribution in [0.2, 0.25) is 0 Å². The van der Waals surface area contributed by atoms with Gasteiger partial charge in [-0.1, -0.05) is 13.0 Å². The zero-order chi connectivity index (χ0) is 14.0. The minimum atomic E-state index is -4.65. The minimum Gasteiger partial charge on any atom is -0.308 e. The third-order valence-electron chi connectivity index (χ3n) is 2.99. The maximum absolute atomic E-state index is 13.1. The zero-order valence-electron chi connectivity index (χ0n) is 10.7. The van der Waals surface area contributed by atoms with Gasteiger partial charge in [0.25, 0.3) is 0 Å². The molecule has 0 aliphatic heterocycles. The highest BCUT2D eigenvalue weighted by atomic mass is 19.4. The van der Waals surface area contributed by atoms with Crippen LogP contribution in [0.1, 0.15) is 38.3 Å². The molecule has 0 aliphatic rings. The van der Waals surface area contributed by atoms with Crippen molar-refractivity contribution in [2.45, 2.75) is 45.5 Å². The molecule has 1 aromatic carbocycles. The standard InChI is InChI=1S/C13H17F4N/c1-4-12(2,3)18-8-9-5-6-11(14)10(7-9)13(15,16)17/h5-7,18H,4,8H2,1-3H3. The summed E-state index contributed by atoms with van der Waals surface area (Å²) in [7, 11) is 0. The summed E-state index contributed by atoms with van der Waals surface area (Å²) in [6.45, 7) is 6.19. The van der Waals surface area contributed by atoms with Gasteiger partial charge in [-0.25, -0.2) is 4.39 Å². The van der Waals surface area contributed by atoms with Crippen LogP contribution in [0.25, 0.3) is 0 Å². The van der Waals surface area contributed by atoms with E-state index in [2.05, 4.69) is 5.32 Å². The maximum Gasteiger partial charge on any atom is 0.419 e. The van der Waals surface area contributed by atoms with Gasteiger partial charge in [0, 0.05) is 12.1 Å². The Morgan fingerprint density at radius 2 is 1.78 bits per heavy atom. The summed E-state index contributed by atoms with van der Waals surface area (Å²) in [5, 5.41) is 3.13. The van der Waals surface area contributed by atoms with Gasteiger partial charge in [0.15, 0.2) is 0 Å². The van der Waals surface area contributed by atoms with Crippen molar-refractivity contribution in [3.63, 3.8) is 0 Å². The summed E-state index contributed by atoms with van der Waals surface area (Å²) in [6, 6.07) is 3.08. The highest BCUT2D eigenvalue weighted by Crippen LogP contribution is 2.31. The Bertz CT molecular complexity index is 410. The normalized spacial score (nSPS) is 12.8. The summed E-state index contributed by atoms with van der Waals surface area (Å²) < 4.78 is 50.6. The molecule has 0 atom stereocenters. The largest absolute Gasteiger partial charge is 0.419 e. The molecule has 0 spiro atoms. The minimum absolute atomic E-state index is 0.160. The Kier molecular flexibility index (Phi) is 4.37. The second-order valence-corrected chi connectivity index (χ2v) is 4.90. The van der Waals surface area contributed by atoms with E-state index in [1.165, 1.54) is 6.07 Å². The fourth-order valence-corrected chi connectivity index (χ4v) is 1.37. The Hall–Kier alpha value is -1.10. The van der Waals surface area contributed by atoms with E-state index in [0.29, 0.717) is 5.56 Å². The first-order valence-electron chi connectivity index (χ1n) is 5.76. The monoisotopic (exact) mass is 263 g/mol. The average molecular weight is 263 g/mol. The van der Waals surface area contributed by atoms with Gasteiger partial charge >= 0.3 is 6.18 Å². The molecule has 0 fully saturated rings.